The lowest BCUT2D eigenvalue weighted by Gasteiger charge is -2.41. The van der Waals surface area contributed by atoms with E-state index in [1.807, 2.05) is 0 Å². The van der Waals surface area contributed by atoms with E-state index in [9.17, 15) is 14.4 Å². The number of fused-ring (bicyclic) bond motifs is 3. The molecule has 3 aliphatic rings. The van der Waals surface area contributed by atoms with E-state index in [4.69, 9.17) is 16.2 Å². The molecule has 0 heterocycles. The number of hydrogen-bond acceptors (Lipinski definition) is 6. The van der Waals surface area contributed by atoms with Crippen LogP contribution in [0.2, 0.25) is 0 Å². The molecular weight excluding hydrogens is 404 g/mol. The van der Waals surface area contributed by atoms with Crippen molar-refractivity contribution in [1.29, 1.82) is 0 Å². The van der Waals surface area contributed by atoms with Crippen molar-refractivity contribution < 1.29 is 19.1 Å². The maximum atomic E-state index is 13.1. The number of ketones is 2. The summed E-state index contributed by atoms with van der Waals surface area (Å²) in [5, 5.41) is 0. The van der Waals surface area contributed by atoms with E-state index in [1.54, 1.807) is 24.3 Å². The Balaban J connectivity index is 1.42. The standard InChI is InChI=1S/C26H28N2O4/c1-13-6-7-15-11-16(9-8-14(15)10-13)32-26(31)19-12-20(27)21-22(23(19)28)25(30)18-5-3-2-4-17(18)24(21)29/h2-5,12-16H,6-11,27-28H2,1H3. The first-order chi connectivity index (χ1) is 15.3. The van der Waals surface area contributed by atoms with E-state index < -0.39 is 11.8 Å². The van der Waals surface area contributed by atoms with Crippen LogP contribution in [0.1, 0.15) is 87.6 Å². The number of anilines is 2. The topological polar surface area (TPSA) is 112 Å². The number of nitrogen functional groups attached to an aromatic ring is 2. The third kappa shape index (κ3) is 3.29. The van der Waals surface area contributed by atoms with Gasteiger partial charge >= 0.3 is 5.97 Å². The van der Waals surface area contributed by atoms with Gasteiger partial charge in [-0.2, -0.15) is 0 Å². The molecule has 2 fully saturated rings. The molecule has 0 saturated heterocycles. The molecule has 4 atom stereocenters. The predicted molar refractivity (Wildman–Crippen MR) is 122 cm³/mol. The molecule has 0 aliphatic heterocycles. The summed E-state index contributed by atoms with van der Waals surface area (Å²) in [6.07, 6.45) is 6.29. The summed E-state index contributed by atoms with van der Waals surface area (Å²) in [6, 6.07) is 7.95. The quantitative estimate of drug-likeness (QED) is 0.459. The van der Waals surface area contributed by atoms with Crippen molar-refractivity contribution in [2.75, 3.05) is 11.5 Å². The summed E-state index contributed by atoms with van der Waals surface area (Å²) < 4.78 is 5.84. The summed E-state index contributed by atoms with van der Waals surface area (Å²) in [7, 11) is 0. The number of carbonyl (C=O) groups is 3. The van der Waals surface area contributed by atoms with Crippen molar-refractivity contribution >= 4 is 28.9 Å². The SMILES string of the molecule is CC1CCC2CC(OC(=O)c3cc(N)c4c(c3N)C(=O)c3ccccc3C4=O)CCC2C1. The maximum absolute atomic E-state index is 13.1. The van der Waals surface area contributed by atoms with E-state index in [1.165, 1.54) is 25.3 Å². The van der Waals surface area contributed by atoms with Crippen molar-refractivity contribution in [3.05, 3.63) is 58.1 Å². The Hall–Kier alpha value is -3.15. The summed E-state index contributed by atoms with van der Waals surface area (Å²) >= 11 is 0. The van der Waals surface area contributed by atoms with E-state index in [0.717, 1.165) is 31.1 Å². The molecule has 166 valence electrons. The van der Waals surface area contributed by atoms with Gasteiger partial charge in [-0.1, -0.05) is 37.6 Å². The minimum atomic E-state index is -0.580. The average molecular weight is 433 g/mol. The molecule has 5 rings (SSSR count). The Morgan fingerprint density at radius 1 is 0.906 bits per heavy atom. The highest BCUT2D eigenvalue weighted by Gasteiger charge is 2.38. The van der Waals surface area contributed by atoms with Crippen molar-refractivity contribution in [2.45, 2.75) is 51.6 Å². The molecule has 4 N–H and O–H groups in total. The van der Waals surface area contributed by atoms with Crippen molar-refractivity contribution in [3.8, 4) is 0 Å². The van der Waals surface area contributed by atoms with Crippen LogP contribution in [0, 0.1) is 17.8 Å². The highest BCUT2D eigenvalue weighted by Crippen LogP contribution is 2.44. The van der Waals surface area contributed by atoms with Crippen molar-refractivity contribution in [3.63, 3.8) is 0 Å². The Labute approximate surface area is 187 Å². The molecule has 0 spiro atoms. The molecule has 4 unspecified atom stereocenters. The first kappa shape index (κ1) is 20.7. The van der Waals surface area contributed by atoms with Gasteiger partial charge in [-0.25, -0.2) is 4.79 Å². The molecule has 32 heavy (non-hydrogen) atoms. The van der Waals surface area contributed by atoms with Crippen LogP contribution in [-0.4, -0.2) is 23.6 Å². The van der Waals surface area contributed by atoms with Gasteiger partial charge in [0, 0.05) is 16.8 Å². The normalized spacial score (nSPS) is 26.7. The molecule has 0 aromatic heterocycles. The Morgan fingerprint density at radius 2 is 1.53 bits per heavy atom. The lowest BCUT2D eigenvalue weighted by molar-refractivity contribution is -0.00482. The number of esters is 1. The fourth-order valence-electron chi connectivity index (χ4n) is 5.92. The number of carbonyl (C=O) groups excluding carboxylic acids is 3. The molecule has 2 aromatic carbocycles. The second-order valence-corrected chi connectivity index (χ2v) is 9.66. The van der Waals surface area contributed by atoms with Crippen LogP contribution in [0.25, 0.3) is 0 Å². The fourth-order valence-corrected chi connectivity index (χ4v) is 5.92. The van der Waals surface area contributed by atoms with E-state index in [-0.39, 0.29) is 45.5 Å². The number of rotatable bonds is 2. The second kappa shape index (κ2) is 7.76. The average Bonchev–Trinajstić information content (AvgIpc) is 2.78. The monoisotopic (exact) mass is 432 g/mol. The molecular formula is C26H28N2O4. The van der Waals surface area contributed by atoms with Gasteiger partial charge in [-0.3, -0.25) is 9.59 Å². The van der Waals surface area contributed by atoms with Gasteiger partial charge in [0.15, 0.2) is 11.6 Å². The molecule has 0 bridgehead atoms. The molecule has 0 radical (unpaired) electrons. The number of benzene rings is 2. The molecule has 6 nitrogen and oxygen atoms in total. The lowest BCUT2D eigenvalue weighted by Crippen LogP contribution is -2.35. The van der Waals surface area contributed by atoms with Crippen LogP contribution in [-0.2, 0) is 4.74 Å². The maximum Gasteiger partial charge on any atom is 0.340 e. The fraction of sp³-hybridized carbons (Fsp3) is 0.423. The minimum Gasteiger partial charge on any atom is -0.459 e. The Bertz CT molecular complexity index is 1140. The van der Waals surface area contributed by atoms with E-state index >= 15 is 0 Å². The van der Waals surface area contributed by atoms with Crippen LogP contribution in [0.4, 0.5) is 11.4 Å². The van der Waals surface area contributed by atoms with Crippen LogP contribution in [0.5, 0.6) is 0 Å². The zero-order chi connectivity index (χ0) is 22.6. The van der Waals surface area contributed by atoms with Gasteiger partial charge in [-0.05, 0) is 55.9 Å². The summed E-state index contributed by atoms with van der Waals surface area (Å²) in [5.41, 5.74) is 13.2. The molecule has 0 amide bonds. The Morgan fingerprint density at radius 3 is 2.25 bits per heavy atom. The number of ether oxygens (including phenoxy) is 1. The van der Waals surface area contributed by atoms with Gasteiger partial charge < -0.3 is 16.2 Å². The highest BCUT2D eigenvalue weighted by atomic mass is 16.5. The molecule has 6 heteroatoms. The third-order valence-electron chi connectivity index (χ3n) is 7.59. The largest absolute Gasteiger partial charge is 0.459 e. The first-order valence-corrected chi connectivity index (χ1v) is 11.5. The molecule has 3 aliphatic carbocycles. The highest BCUT2D eigenvalue weighted by molar-refractivity contribution is 6.32. The minimum absolute atomic E-state index is 0.00521. The summed E-state index contributed by atoms with van der Waals surface area (Å²) in [4.78, 5) is 39.2. The van der Waals surface area contributed by atoms with Crippen LogP contribution in [0.3, 0.4) is 0 Å². The van der Waals surface area contributed by atoms with E-state index in [0.29, 0.717) is 11.5 Å². The van der Waals surface area contributed by atoms with Crippen LogP contribution < -0.4 is 11.5 Å². The zero-order valence-corrected chi connectivity index (χ0v) is 18.2. The van der Waals surface area contributed by atoms with E-state index in [2.05, 4.69) is 6.92 Å². The first-order valence-electron chi connectivity index (χ1n) is 11.5. The Kier molecular flexibility index (Phi) is 5.03. The van der Waals surface area contributed by atoms with Gasteiger partial charge in [0.2, 0.25) is 0 Å². The van der Waals surface area contributed by atoms with Crippen LogP contribution in [0.15, 0.2) is 30.3 Å². The third-order valence-corrected chi connectivity index (χ3v) is 7.59. The zero-order valence-electron chi connectivity index (χ0n) is 18.2. The van der Waals surface area contributed by atoms with Crippen LogP contribution >= 0.6 is 0 Å². The molecule has 2 saturated carbocycles. The van der Waals surface area contributed by atoms with Gasteiger partial charge in [0.05, 0.1) is 22.4 Å². The van der Waals surface area contributed by atoms with Gasteiger partial charge in [0.25, 0.3) is 0 Å². The van der Waals surface area contributed by atoms with Crippen molar-refractivity contribution in [2.24, 2.45) is 17.8 Å². The summed E-state index contributed by atoms with van der Waals surface area (Å²) in [5.74, 6) is 0.763. The molecule has 2 aromatic rings. The van der Waals surface area contributed by atoms with Gasteiger partial charge in [0.1, 0.15) is 6.10 Å². The number of nitrogens with two attached hydrogens (primary N) is 2. The lowest BCUT2D eigenvalue weighted by atomic mass is 9.67. The van der Waals surface area contributed by atoms with Crippen molar-refractivity contribution in [1.82, 2.24) is 0 Å². The smallest absolute Gasteiger partial charge is 0.340 e. The second-order valence-electron chi connectivity index (χ2n) is 9.66. The summed E-state index contributed by atoms with van der Waals surface area (Å²) in [6.45, 7) is 2.32. The predicted octanol–water partition coefficient (Wildman–Crippen LogP) is 4.39. The number of hydrogen-bond donors (Lipinski definition) is 2. The van der Waals surface area contributed by atoms with Gasteiger partial charge in [-0.15, -0.1) is 0 Å².